The maximum Gasteiger partial charge on any atom is 0.241 e. The van der Waals surface area contributed by atoms with Crippen molar-refractivity contribution in [3.63, 3.8) is 0 Å². The topological polar surface area (TPSA) is 92.4 Å². The summed E-state index contributed by atoms with van der Waals surface area (Å²) in [6.07, 6.45) is 3.16. The van der Waals surface area contributed by atoms with Crippen molar-refractivity contribution in [2.75, 3.05) is 12.3 Å². The number of nitrogens with one attached hydrogen (secondary N) is 1. The fraction of sp³-hybridized carbons (Fsp3) is 0.538. The smallest absolute Gasteiger partial charge is 0.241 e. The van der Waals surface area contributed by atoms with E-state index in [1.807, 2.05) is 0 Å². The molecule has 0 spiro atoms. The van der Waals surface area contributed by atoms with Crippen LogP contribution in [0.25, 0.3) is 0 Å². The molecular weight excluding hydrogens is 344 g/mol. The second kappa shape index (κ2) is 5.63. The molecule has 1 fully saturated rings. The standard InChI is InChI=1S/C13H19BrN2O3S/c1-9-6-10(14)11(15)7-12(9)20(18,19)16-13(8-17)4-2-3-5-13/h6-7,16-17H,2-5,8,15H2,1H3. The lowest BCUT2D eigenvalue weighted by atomic mass is 10.0. The first kappa shape index (κ1) is 15.8. The molecular formula is C13H19BrN2O3S. The zero-order chi connectivity index (χ0) is 15.0. The van der Waals surface area contributed by atoms with Crippen LogP contribution in [0.3, 0.4) is 0 Å². The first-order valence-electron chi connectivity index (χ1n) is 6.50. The van der Waals surface area contributed by atoms with Gasteiger partial charge in [-0.1, -0.05) is 12.8 Å². The molecule has 0 saturated heterocycles. The maximum absolute atomic E-state index is 12.5. The van der Waals surface area contributed by atoms with E-state index in [4.69, 9.17) is 5.73 Å². The molecule has 20 heavy (non-hydrogen) atoms. The molecule has 5 nitrogen and oxygen atoms in total. The van der Waals surface area contributed by atoms with Gasteiger partial charge in [-0.15, -0.1) is 0 Å². The Kier molecular flexibility index (Phi) is 4.44. The van der Waals surface area contributed by atoms with E-state index in [-0.39, 0.29) is 11.5 Å². The molecule has 1 aliphatic rings. The van der Waals surface area contributed by atoms with E-state index in [9.17, 15) is 13.5 Å². The summed E-state index contributed by atoms with van der Waals surface area (Å²) in [4.78, 5) is 0.165. The molecule has 1 aromatic rings. The molecule has 1 saturated carbocycles. The van der Waals surface area contributed by atoms with Crippen LogP contribution in [0.15, 0.2) is 21.5 Å². The number of hydrogen-bond acceptors (Lipinski definition) is 4. The number of aliphatic hydroxyl groups is 1. The average Bonchev–Trinajstić information content (AvgIpc) is 2.82. The quantitative estimate of drug-likeness (QED) is 0.713. The van der Waals surface area contributed by atoms with Crippen LogP contribution in [-0.4, -0.2) is 25.7 Å². The first-order valence-corrected chi connectivity index (χ1v) is 8.78. The van der Waals surface area contributed by atoms with Crippen LogP contribution in [0.1, 0.15) is 31.2 Å². The predicted molar refractivity (Wildman–Crippen MR) is 81.9 cm³/mol. The molecule has 2 rings (SSSR count). The van der Waals surface area contributed by atoms with Gasteiger partial charge in [-0.05, 0) is 53.4 Å². The van der Waals surface area contributed by atoms with Crippen molar-refractivity contribution in [3.8, 4) is 0 Å². The van der Waals surface area contributed by atoms with Gasteiger partial charge in [0.15, 0.2) is 0 Å². The molecule has 0 heterocycles. The zero-order valence-electron chi connectivity index (χ0n) is 11.3. The van der Waals surface area contributed by atoms with Gasteiger partial charge in [0.2, 0.25) is 10.0 Å². The minimum atomic E-state index is -3.69. The first-order chi connectivity index (χ1) is 9.30. The van der Waals surface area contributed by atoms with Crippen LogP contribution in [-0.2, 0) is 10.0 Å². The maximum atomic E-state index is 12.5. The van der Waals surface area contributed by atoms with Crippen molar-refractivity contribution in [2.45, 2.75) is 43.0 Å². The Morgan fingerprint density at radius 3 is 2.55 bits per heavy atom. The number of aryl methyl sites for hydroxylation is 1. The second-order valence-corrected chi connectivity index (χ2v) is 7.90. The van der Waals surface area contributed by atoms with E-state index in [1.54, 1.807) is 13.0 Å². The molecule has 0 aromatic heterocycles. The Morgan fingerprint density at radius 2 is 2.00 bits per heavy atom. The third kappa shape index (κ3) is 3.00. The van der Waals surface area contributed by atoms with Gasteiger partial charge >= 0.3 is 0 Å². The minimum Gasteiger partial charge on any atom is -0.398 e. The van der Waals surface area contributed by atoms with Gasteiger partial charge < -0.3 is 10.8 Å². The Bertz CT molecular complexity index is 610. The largest absolute Gasteiger partial charge is 0.398 e. The van der Waals surface area contributed by atoms with Gasteiger partial charge in [-0.25, -0.2) is 13.1 Å². The average molecular weight is 363 g/mol. The molecule has 0 amide bonds. The SMILES string of the molecule is Cc1cc(Br)c(N)cc1S(=O)(=O)NC1(CO)CCCC1. The normalized spacial score (nSPS) is 18.4. The monoisotopic (exact) mass is 362 g/mol. The Balaban J connectivity index is 2.38. The van der Waals surface area contributed by atoms with E-state index in [0.717, 1.165) is 12.8 Å². The van der Waals surface area contributed by atoms with E-state index < -0.39 is 15.6 Å². The summed E-state index contributed by atoms with van der Waals surface area (Å²) in [5.74, 6) is 0. The highest BCUT2D eigenvalue weighted by Crippen LogP contribution is 2.32. The summed E-state index contributed by atoms with van der Waals surface area (Å²) in [5.41, 5.74) is 6.03. The number of aliphatic hydroxyl groups excluding tert-OH is 1. The lowest BCUT2D eigenvalue weighted by molar-refractivity contribution is 0.185. The lowest BCUT2D eigenvalue weighted by Gasteiger charge is -2.28. The van der Waals surface area contributed by atoms with Crippen LogP contribution < -0.4 is 10.5 Å². The number of rotatable bonds is 4. The summed E-state index contributed by atoms with van der Waals surface area (Å²) in [5, 5.41) is 9.54. The number of sulfonamides is 1. The number of hydrogen-bond donors (Lipinski definition) is 3. The van der Waals surface area contributed by atoms with Gasteiger partial charge in [0.1, 0.15) is 0 Å². The van der Waals surface area contributed by atoms with Gasteiger partial charge in [-0.3, -0.25) is 0 Å². The van der Waals surface area contributed by atoms with E-state index >= 15 is 0 Å². The summed E-state index contributed by atoms with van der Waals surface area (Å²) >= 11 is 3.28. The molecule has 0 unspecified atom stereocenters. The molecule has 1 aromatic carbocycles. The number of nitrogens with two attached hydrogens (primary N) is 1. The summed E-state index contributed by atoms with van der Waals surface area (Å²) < 4.78 is 28.4. The van der Waals surface area contributed by atoms with Gasteiger partial charge in [-0.2, -0.15) is 0 Å². The fourth-order valence-electron chi connectivity index (χ4n) is 2.64. The number of halogens is 1. The molecule has 4 N–H and O–H groups in total. The van der Waals surface area contributed by atoms with Crippen molar-refractivity contribution in [1.29, 1.82) is 0 Å². The predicted octanol–water partition coefficient (Wildman–Crippen LogP) is 1.92. The fourth-order valence-corrected chi connectivity index (χ4v) is 4.81. The molecule has 0 radical (unpaired) electrons. The molecule has 112 valence electrons. The summed E-state index contributed by atoms with van der Waals surface area (Å²) in [6.45, 7) is 1.54. The van der Waals surface area contributed by atoms with Crippen LogP contribution >= 0.6 is 15.9 Å². The van der Waals surface area contributed by atoms with E-state index in [2.05, 4.69) is 20.7 Å². The summed E-state index contributed by atoms with van der Waals surface area (Å²) in [7, 11) is -3.69. The third-order valence-electron chi connectivity index (χ3n) is 3.80. The van der Waals surface area contributed by atoms with Gasteiger partial charge in [0.05, 0.1) is 17.0 Å². The van der Waals surface area contributed by atoms with Gasteiger partial charge in [0, 0.05) is 10.2 Å². The van der Waals surface area contributed by atoms with Crippen LogP contribution in [0.2, 0.25) is 0 Å². The molecule has 0 aliphatic heterocycles. The highest BCUT2D eigenvalue weighted by atomic mass is 79.9. The van der Waals surface area contributed by atoms with Gasteiger partial charge in [0.25, 0.3) is 0 Å². The Morgan fingerprint density at radius 1 is 1.40 bits per heavy atom. The minimum absolute atomic E-state index is 0.165. The number of benzene rings is 1. The molecule has 1 aliphatic carbocycles. The Hall–Kier alpha value is -0.630. The third-order valence-corrected chi connectivity index (χ3v) is 6.21. The molecule has 0 atom stereocenters. The highest BCUT2D eigenvalue weighted by molar-refractivity contribution is 9.10. The zero-order valence-corrected chi connectivity index (χ0v) is 13.7. The van der Waals surface area contributed by atoms with Crippen LogP contribution in [0, 0.1) is 6.92 Å². The second-order valence-electron chi connectivity index (χ2n) is 5.39. The summed E-state index contributed by atoms with van der Waals surface area (Å²) in [6, 6.07) is 3.13. The number of nitrogen functional groups attached to an aromatic ring is 1. The van der Waals surface area contributed by atoms with Crippen LogP contribution in [0.5, 0.6) is 0 Å². The van der Waals surface area contributed by atoms with Crippen molar-refractivity contribution in [1.82, 2.24) is 4.72 Å². The highest BCUT2D eigenvalue weighted by Gasteiger charge is 2.37. The van der Waals surface area contributed by atoms with Crippen LogP contribution in [0.4, 0.5) is 5.69 Å². The van der Waals surface area contributed by atoms with Crippen molar-refractivity contribution in [3.05, 3.63) is 22.2 Å². The van der Waals surface area contributed by atoms with E-state index in [1.165, 1.54) is 6.07 Å². The van der Waals surface area contributed by atoms with E-state index in [0.29, 0.717) is 28.6 Å². The Labute approximate surface area is 127 Å². The lowest BCUT2D eigenvalue weighted by Crippen LogP contribution is -2.49. The van der Waals surface area contributed by atoms with Crippen molar-refractivity contribution < 1.29 is 13.5 Å². The van der Waals surface area contributed by atoms with Crippen molar-refractivity contribution >= 4 is 31.6 Å². The van der Waals surface area contributed by atoms with Crippen molar-refractivity contribution in [2.24, 2.45) is 0 Å². The number of anilines is 1. The molecule has 0 bridgehead atoms. The molecule has 7 heteroatoms.